The van der Waals surface area contributed by atoms with Crippen molar-refractivity contribution < 1.29 is 4.39 Å². The van der Waals surface area contributed by atoms with E-state index in [0.29, 0.717) is 11.5 Å². The first-order valence-corrected chi connectivity index (χ1v) is 5.39. The zero-order valence-electron chi connectivity index (χ0n) is 9.71. The first-order valence-electron chi connectivity index (χ1n) is 5.39. The number of hydrogen-bond acceptors (Lipinski definition) is 1. The van der Waals surface area contributed by atoms with E-state index in [2.05, 4.69) is 24.0 Å². The number of aromatic amines is 1. The summed E-state index contributed by atoms with van der Waals surface area (Å²) in [6.45, 7) is 6.01. The van der Waals surface area contributed by atoms with Gasteiger partial charge in [-0.25, -0.2) is 4.39 Å². The van der Waals surface area contributed by atoms with Crippen molar-refractivity contribution in [1.82, 2.24) is 10.2 Å². The molecule has 2 rings (SSSR count). The smallest absolute Gasteiger partial charge is 0.132 e. The number of benzene rings is 1. The van der Waals surface area contributed by atoms with Gasteiger partial charge in [-0.05, 0) is 36.1 Å². The van der Waals surface area contributed by atoms with E-state index in [1.165, 1.54) is 0 Å². The molecule has 3 heteroatoms. The molecular formula is C13H15FN2. The predicted molar refractivity (Wildman–Crippen MR) is 62.8 cm³/mol. The number of nitrogens with zero attached hydrogens (tertiary/aromatic N) is 1. The van der Waals surface area contributed by atoms with Gasteiger partial charge in [-0.3, -0.25) is 5.10 Å². The normalized spacial score (nSPS) is 11.1. The molecule has 1 N–H and O–H groups in total. The summed E-state index contributed by atoms with van der Waals surface area (Å²) in [5.74, 6) is 0.143. The van der Waals surface area contributed by atoms with Crippen LogP contribution in [0.4, 0.5) is 4.39 Å². The lowest BCUT2D eigenvalue weighted by Gasteiger charge is -2.08. The molecule has 1 aromatic heterocycles. The number of nitrogens with one attached hydrogen (secondary N) is 1. The molecule has 0 bridgehead atoms. The second kappa shape index (κ2) is 4.08. The van der Waals surface area contributed by atoms with Crippen LogP contribution in [0.15, 0.2) is 24.4 Å². The summed E-state index contributed by atoms with van der Waals surface area (Å²) in [5, 5.41) is 6.73. The van der Waals surface area contributed by atoms with Gasteiger partial charge in [0.25, 0.3) is 0 Å². The minimum absolute atomic E-state index is 0.196. The SMILES string of the molecule is Cc1cn[nH]c1-c1ccc(C(C)C)cc1F. The van der Waals surface area contributed by atoms with Crippen molar-refractivity contribution in [2.75, 3.05) is 0 Å². The summed E-state index contributed by atoms with van der Waals surface area (Å²) >= 11 is 0. The van der Waals surface area contributed by atoms with Gasteiger partial charge in [-0.1, -0.05) is 19.9 Å². The van der Waals surface area contributed by atoms with Crippen LogP contribution >= 0.6 is 0 Å². The van der Waals surface area contributed by atoms with Gasteiger partial charge >= 0.3 is 0 Å². The Morgan fingerprint density at radius 1 is 1.31 bits per heavy atom. The summed E-state index contributed by atoms with van der Waals surface area (Å²) in [5.41, 5.74) is 3.31. The maximum absolute atomic E-state index is 13.9. The van der Waals surface area contributed by atoms with Gasteiger partial charge < -0.3 is 0 Å². The number of H-pyrrole nitrogens is 1. The summed E-state index contributed by atoms with van der Waals surface area (Å²) in [6.07, 6.45) is 1.70. The Balaban J connectivity index is 2.48. The highest BCUT2D eigenvalue weighted by atomic mass is 19.1. The van der Waals surface area contributed by atoms with Gasteiger partial charge in [-0.15, -0.1) is 0 Å². The van der Waals surface area contributed by atoms with E-state index < -0.39 is 0 Å². The molecule has 2 nitrogen and oxygen atoms in total. The zero-order valence-corrected chi connectivity index (χ0v) is 9.71. The highest BCUT2D eigenvalue weighted by molar-refractivity contribution is 5.63. The minimum Gasteiger partial charge on any atom is -0.277 e. The van der Waals surface area contributed by atoms with Gasteiger partial charge in [0.2, 0.25) is 0 Å². The number of rotatable bonds is 2. The minimum atomic E-state index is -0.196. The van der Waals surface area contributed by atoms with Crippen molar-refractivity contribution >= 4 is 0 Å². The standard InChI is InChI=1S/C13H15FN2/c1-8(2)10-4-5-11(12(14)6-10)13-9(3)7-15-16-13/h4-8H,1-3H3,(H,15,16). The van der Waals surface area contributed by atoms with Gasteiger partial charge in [0.15, 0.2) is 0 Å². The zero-order chi connectivity index (χ0) is 11.7. The molecule has 0 saturated carbocycles. The van der Waals surface area contributed by atoms with E-state index in [1.807, 2.05) is 19.1 Å². The Bertz CT molecular complexity index is 500. The van der Waals surface area contributed by atoms with Crippen molar-refractivity contribution in [3.8, 4) is 11.3 Å². The molecule has 0 aliphatic rings. The second-order valence-corrected chi connectivity index (χ2v) is 4.32. The van der Waals surface area contributed by atoms with Gasteiger partial charge in [0, 0.05) is 5.56 Å². The average Bonchev–Trinajstić information content (AvgIpc) is 2.64. The van der Waals surface area contributed by atoms with Crippen LogP contribution in [0, 0.1) is 12.7 Å². The average molecular weight is 218 g/mol. The van der Waals surface area contributed by atoms with Gasteiger partial charge in [-0.2, -0.15) is 5.10 Å². The molecule has 0 amide bonds. The Labute approximate surface area is 94.5 Å². The van der Waals surface area contributed by atoms with Crippen molar-refractivity contribution in [3.05, 3.63) is 41.3 Å². The summed E-state index contributed by atoms with van der Waals surface area (Å²) in [4.78, 5) is 0. The van der Waals surface area contributed by atoms with Crippen molar-refractivity contribution in [1.29, 1.82) is 0 Å². The molecular weight excluding hydrogens is 203 g/mol. The molecule has 1 aromatic carbocycles. The molecule has 0 radical (unpaired) electrons. The molecule has 16 heavy (non-hydrogen) atoms. The Morgan fingerprint density at radius 2 is 2.06 bits per heavy atom. The van der Waals surface area contributed by atoms with E-state index in [0.717, 1.165) is 16.8 Å². The van der Waals surface area contributed by atoms with Crippen LogP contribution in [0.5, 0.6) is 0 Å². The molecule has 1 heterocycles. The monoisotopic (exact) mass is 218 g/mol. The van der Waals surface area contributed by atoms with Crippen LogP contribution in [0.1, 0.15) is 30.9 Å². The van der Waals surface area contributed by atoms with Crippen LogP contribution in [0.25, 0.3) is 11.3 Å². The van der Waals surface area contributed by atoms with Gasteiger partial charge in [0.05, 0.1) is 11.9 Å². The van der Waals surface area contributed by atoms with Crippen LogP contribution in [0.3, 0.4) is 0 Å². The maximum atomic E-state index is 13.9. The highest BCUT2D eigenvalue weighted by Crippen LogP contribution is 2.26. The molecule has 0 aliphatic carbocycles. The third-order valence-electron chi connectivity index (χ3n) is 2.76. The molecule has 0 aliphatic heterocycles. The lowest BCUT2D eigenvalue weighted by atomic mass is 9.99. The lowest BCUT2D eigenvalue weighted by molar-refractivity contribution is 0.626. The van der Waals surface area contributed by atoms with E-state index in [9.17, 15) is 4.39 Å². The number of aryl methyl sites for hydroxylation is 1. The molecule has 2 aromatic rings. The second-order valence-electron chi connectivity index (χ2n) is 4.32. The first kappa shape index (κ1) is 10.9. The predicted octanol–water partition coefficient (Wildman–Crippen LogP) is 3.65. The van der Waals surface area contributed by atoms with E-state index in [1.54, 1.807) is 12.3 Å². The molecule has 0 unspecified atom stereocenters. The molecule has 84 valence electrons. The van der Waals surface area contributed by atoms with E-state index >= 15 is 0 Å². The molecule has 0 spiro atoms. The Morgan fingerprint density at radius 3 is 2.56 bits per heavy atom. The van der Waals surface area contributed by atoms with Crippen molar-refractivity contribution in [2.45, 2.75) is 26.7 Å². The largest absolute Gasteiger partial charge is 0.277 e. The van der Waals surface area contributed by atoms with Gasteiger partial charge in [0.1, 0.15) is 5.82 Å². The maximum Gasteiger partial charge on any atom is 0.132 e. The van der Waals surface area contributed by atoms with Crippen LogP contribution in [-0.2, 0) is 0 Å². The van der Waals surface area contributed by atoms with E-state index in [-0.39, 0.29) is 5.82 Å². The fourth-order valence-electron chi connectivity index (χ4n) is 1.71. The number of hydrogen-bond donors (Lipinski definition) is 1. The first-order chi connectivity index (χ1) is 7.59. The summed E-state index contributed by atoms with van der Waals surface area (Å²) < 4.78 is 13.9. The third-order valence-corrected chi connectivity index (χ3v) is 2.76. The third kappa shape index (κ3) is 1.85. The molecule has 0 saturated heterocycles. The quantitative estimate of drug-likeness (QED) is 0.819. The fraction of sp³-hybridized carbons (Fsp3) is 0.308. The summed E-state index contributed by atoms with van der Waals surface area (Å²) in [7, 11) is 0. The van der Waals surface area contributed by atoms with Crippen LogP contribution in [-0.4, -0.2) is 10.2 Å². The Hall–Kier alpha value is -1.64. The highest BCUT2D eigenvalue weighted by Gasteiger charge is 2.11. The lowest BCUT2D eigenvalue weighted by Crippen LogP contribution is -1.92. The summed E-state index contributed by atoms with van der Waals surface area (Å²) in [6, 6.07) is 5.37. The van der Waals surface area contributed by atoms with Crippen molar-refractivity contribution in [2.24, 2.45) is 0 Å². The van der Waals surface area contributed by atoms with E-state index in [4.69, 9.17) is 0 Å². The Kier molecular flexibility index (Phi) is 2.77. The molecule has 0 atom stereocenters. The number of aromatic nitrogens is 2. The fourth-order valence-corrected chi connectivity index (χ4v) is 1.71. The topological polar surface area (TPSA) is 28.7 Å². The van der Waals surface area contributed by atoms with Crippen molar-refractivity contribution in [3.63, 3.8) is 0 Å². The number of halogens is 1. The molecule has 0 fully saturated rings. The van der Waals surface area contributed by atoms with Crippen LogP contribution < -0.4 is 0 Å². The van der Waals surface area contributed by atoms with Crippen LogP contribution in [0.2, 0.25) is 0 Å².